The molecule has 1 heterocycles. The minimum Gasteiger partial charge on any atom is -0.497 e. The Bertz CT molecular complexity index is 481. The Morgan fingerprint density at radius 1 is 1.41 bits per heavy atom. The third-order valence-corrected chi connectivity index (χ3v) is 2.56. The van der Waals surface area contributed by atoms with E-state index in [2.05, 4.69) is 10.3 Å². The van der Waals surface area contributed by atoms with Gasteiger partial charge < -0.3 is 10.5 Å². The van der Waals surface area contributed by atoms with Crippen LogP contribution in [0.1, 0.15) is 6.42 Å². The minimum absolute atomic E-state index is 0.650. The van der Waals surface area contributed by atoms with E-state index in [-0.39, 0.29) is 0 Å². The molecule has 0 spiro atoms. The van der Waals surface area contributed by atoms with Crippen molar-refractivity contribution in [3.8, 4) is 17.0 Å². The van der Waals surface area contributed by atoms with Crippen molar-refractivity contribution in [2.24, 2.45) is 5.73 Å². The van der Waals surface area contributed by atoms with Gasteiger partial charge in [0.05, 0.1) is 19.0 Å². The maximum atomic E-state index is 5.50. The van der Waals surface area contributed by atoms with Gasteiger partial charge in [-0.05, 0) is 25.1 Å². The van der Waals surface area contributed by atoms with E-state index in [1.165, 1.54) is 0 Å². The van der Waals surface area contributed by atoms with E-state index in [4.69, 9.17) is 10.5 Å². The zero-order chi connectivity index (χ0) is 12.1. The van der Waals surface area contributed by atoms with Crippen LogP contribution >= 0.6 is 0 Å². The molecule has 0 bridgehead atoms. The zero-order valence-electron chi connectivity index (χ0n) is 9.84. The van der Waals surface area contributed by atoms with Crippen LogP contribution < -0.4 is 10.5 Å². The molecule has 0 unspecified atom stereocenters. The number of nitrogens with two attached hydrogens (primary N) is 1. The number of benzene rings is 1. The number of aryl methyl sites for hydroxylation is 1. The van der Waals surface area contributed by atoms with Crippen molar-refractivity contribution < 1.29 is 4.74 Å². The molecule has 90 valence electrons. The van der Waals surface area contributed by atoms with Gasteiger partial charge in [-0.25, -0.2) is 4.68 Å². The summed E-state index contributed by atoms with van der Waals surface area (Å²) in [5.74, 6) is 0.828. The van der Waals surface area contributed by atoms with Crippen LogP contribution in [-0.2, 0) is 6.54 Å². The summed E-state index contributed by atoms with van der Waals surface area (Å²) in [6, 6.07) is 7.85. The maximum Gasteiger partial charge on any atom is 0.119 e. The molecular formula is C12H16N4O. The molecule has 5 heteroatoms. The summed E-state index contributed by atoms with van der Waals surface area (Å²) in [4.78, 5) is 0. The van der Waals surface area contributed by atoms with Crippen molar-refractivity contribution in [1.29, 1.82) is 0 Å². The fraction of sp³-hybridized carbons (Fsp3) is 0.333. The molecule has 0 saturated heterocycles. The highest BCUT2D eigenvalue weighted by Crippen LogP contribution is 2.22. The van der Waals surface area contributed by atoms with E-state index in [1.54, 1.807) is 13.3 Å². The van der Waals surface area contributed by atoms with Crippen LogP contribution in [0.3, 0.4) is 0 Å². The smallest absolute Gasteiger partial charge is 0.119 e. The Balaban J connectivity index is 2.28. The molecule has 0 aliphatic heterocycles. The Kier molecular flexibility index (Phi) is 3.72. The Morgan fingerprint density at radius 3 is 3.06 bits per heavy atom. The lowest BCUT2D eigenvalue weighted by Crippen LogP contribution is -2.08. The van der Waals surface area contributed by atoms with Gasteiger partial charge in [-0.15, -0.1) is 5.10 Å². The summed E-state index contributed by atoms with van der Waals surface area (Å²) in [6.07, 6.45) is 2.64. The molecule has 5 nitrogen and oxygen atoms in total. The minimum atomic E-state index is 0.650. The Hall–Kier alpha value is -1.88. The molecule has 1 aromatic carbocycles. The maximum absolute atomic E-state index is 5.50. The molecule has 0 fully saturated rings. The number of aromatic nitrogens is 3. The molecule has 0 aliphatic carbocycles. The lowest BCUT2D eigenvalue weighted by molar-refractivity contribution is 0.415. The first-order chi connectivity index (χ1) is 8.35. The molecule has 2 rings (SSSR count). The van der Waals surface area contributed by atoms with Crippen LogP contribution in [0.25, 0.3) is 11.3 Å². The summed E-state index contributed by atoms with van der Waals surface area (Å²) < 4.78 is 7.07. The predicted molar refractivity (Wildman–Crippen MR) is 65.7 cm³/mol. The van der Waals surface area contributed by atoms with Crippen LogP contribution in [0.5, 0.6) is 5.75 Å². The summed E-state index contributed by atoms with van der Waals surface area (Å²) in [6.45, 7) is 1.43. The molecule has 0 radical (unpaired) electrons. The second-order valence-electron chi connectivity index (χ2n) is 3.72. The van der Waals surface area contributed by atoms with E-state index in [0.717, 1.165) is 30.0 Å². The van der Waals surface area contributed by atoms with Gasteiger partial charge in [-0.1, -0.05) is 17.3 Å². The van der Waals surface area contributed by atoms with E-state index in [1.807, 2.05) is 28.9 Å². The number of ether oxygens (including phenoxy) is 1. The lowest BCUT2D eigenvalue weighted by Gasteiger charge is -2.06. The Morgan fingerprint density at radius 2 is 2.29 bits per heavy atom. The average Bonchev–Trinajstić information content (AvgIpc) is 2.84. The molecule has 0 amide bonds. The zero-order valence-corrected chi connectivity index (χ0v) is 9.84. The predicted octanol–water partition coefficient (Wildman–Crippen LogP) is 1.30. The van der Waals surface area contributed by atoms with E-state index < -0.39 is 0 Å². The number of nitrogens with zero attached hydrogens (tertiary/aromatic N) is 3. The molecular weight excluding hydrogens is 216 g/mol. The van der Waals surface area contributed by atoms with Gasteiger partial charge in [-0.2, -0.15) is 0 Å². The highest BCUT2D eigenvalue weighted by Gasteiger charge is 2.06. The average molecular weight is 232 g/mol. The van der Waals surface area contributed by atoms with Gasteiger partial charge >= 0.3 is 0 Å². The van der Waals surface area contributed by atoms with Crippen molar-refractivity contribution >= 4 is 0 Å². The second kappa shape index (κ2) is 5.45. The highest BCUT2D eigenvalue weighted by atomic mass is 16.5. The van der Waals surface area contributed by atoms with Crippen LogP contribution in [0.15, 0.2) is 30.5 Å². The number of hydrogen-bond acceptors (Lipinski definition) is 4. The van der Waals surface area contributed by atoms with Crippen molar-refractivity contribution in [3.05, 3.63) is 30.5 Å². The largest absolute Gasteiger partial charge is 0.497 e. The molecule has 2 aromatic rings. The normalized spacial score (nSPS) is 10.5. The number of hydrogen-bond donors (Lipinski definition) is 1. The summed E-state index contributed by atoms with van der Waals surface area (Å²) in [5.41, 5.74) is 7.53. The van der Waals surface area contributed by atoms with Gasteiger partial charge in [0.1, 0.15) is 5.75 Å². The van der Waals surface area contributed by atoms with Gasteiger partial charge in [0.2, 0.25) is 0 Å². The van der Waals surface area contributed by atoms with Gasteiger partial charge in [0.25, 0.3) is 0 Å². The SMILES string of the molecule is COc1cccc(-c2cnnn2CCCN)c1. The van der Waals surface area contributed by atoms with E-state index in [9.17, 15) is 0 Å². The number of methoxy groups -OCH3 is 1. The van der Waals surface area contributed by atoms with Crippen LogP contribution in [-0.4, -0.2) is 28.6 Å². The monoisotopic (exact) mass is 232 g/mol. The van der Waals surface area contributed by atoms with E-state index >= 15 is 0 Å². The standard InChI is InChI=1S/C12H16N4O/c1-17-11-5-2-4-10(8-11)12-9-14-15-16(12)7-3-6-13/h2,4-5,8-9H,3,6-7,13H2,1H3. The van der Waals surface area contributed by atoms with Gasteiger partial charge in [-0.3, -0.25) is 0 Å². The molecule has 1 aromatic heterocycles. The summed E-state index contributed by atoms with van der Waals surface area (Å²) in [5, 5.41) is 7.99. The van der Waals surface area contributed by atoms with Crippen molar-refractivity contribution in [2.45, 2.75) is 13.0 Å². The molecule has 0 saturated carbocycles. The quantitative estimate of drug-likeness (QED) is 0.844. The lowest BCUT2D eigenvalue weighted by atomic mass is 10.1. The summed E-state index contributed by atoms with van der Waals surface area (Å²) in [7, 11) is 1.66. The molecule has 17 heavy (non-hydrogen) atoms. The molecule has 2 N–H and O–H groups in total. The van der Waals surface area contributed by atoms with Crippen LogP contribution in [0, 0.1) is 0 Å². The van der Waals surface area contributed by atoms with Crippen molar-refractivity contribution in [3.63, 3.8) is 0 Å². The first kappa shape index (κ1) is 11.6. The molecule has 0 atom stereocenters. The summed E-state index contributed by atoms with van der Waals surface area (Å²) >= 11 is 0. The van der Waals surface area contributed by atoms with Crippen LogP contribution in [0.2, 0.25) is 0 Å². The first-order valence-corrected chi connectivity index (χ1v) is 5.58. The fourth-order valence-electron chi connectivity index (χ4n) is 1.67. The second-order valence-corrected chi connectivity index (χ2v) is 3.72. The number of rotatable bonds is 5. The Labute approximate surface area is 100 Å². The fourth-order valence-corrected chi connectivity index (χ4v) is 1.67. The van der Waals surface area contributed by atoms with E-state index in [0.29, 0.717) is 6.54 Å². The van der Waals surface area contributed by atoms with Gasteiger partial charge in [0, 0.05) is 12.1 Å². The first-order valence-electron chi connectivity index (χ1n) is 5.58. The van der Waals surface area contributed by atoms with Gasteiger partial charge in [0.15, 0.2) is 0 Å². The van der Waals surface area contributed by atoms with Crippen LogP contribution in [0.4, 0.5) is 0 Å². The topological polar surface area (TPSA) is 66.0 Å². The third kappa shape index (κ3) is 2.62. The molecule has 0 aliphatic rings. The highest BCUT2D eigenvalue weighted by molar-refractivity contribution is 5.60. The van der Waals surface area contributed by atoms with Crippen molar-refractivity contribution in [2.75, 3.05) is 13.7 Å². The van der Waals surface area contributed by atoms with Crippen molar-refractivity contribution in [1.82, 2.24) is 15.0 Å². The third-order valence-electron chi connectivity index (χ3n) is 2.56.